The first-order valence-corrected chi connectivity index (χ1v) is 27.2. The van der Waals surface area contributed by atoms with Crippen LogP contribution in [0, 0.1) is 6.92 Å². The van der Waals surface area contributed by atoms with Crippen LogP contribution in [0.15, 0.2) is 76.8 Å². The van der Waals surface area contributed by atoms with Gasteiger partial charge in [0.2, 0.25) is 11.4 Å². The maximum Gasteiger partial charge on any atom is 0.353 e. The Hall–Kier alpha value is -6.69. The number of esters is 1. The van der Waals surface area contributed by atoms with Crippen molar-refractivity contribution >= 4 is 77.8 Å². The first kappa shape index (κ1) is 54.1. The molecule has 24 heteroatoms. The summed E-state index contributed by atoms with van der Waals surface area (Å²) in [7, 11) is 4.89. The van der Waals surface area contributed by atoms with Gasteiger partial charge in [-0.3, -0.25) is 19.3 Å². The van der Waals surface area contributed by atoms with Crippen LogP contribution in [0.3, 0.4) is 0 Å². The summed E-state index contributed by atoms with van der Waals surface area (Å²) in [5.41, 5.74) is 1.42. The van der Waals surface area contributed by atoms with Crippen LogP contribution in [0.25, 0.3) is 5.70 Å². The highest BCUT2D eigenvalue weighted by molar-refractivity contribution is 8.00. The van der Waals surface area contributed by atoms with Crippen LogP contribution < -0.4 is 24.3 Å². The van der Waals surface area contributed by atoms with Gasteiger partial charge in [0.1, 0.15) is 60.0 Å². The standard InChI is InChI=1S/C52H60BClN10O10S2/c1-30-55-39(29-75-30)41(59-74-52(5,6)50(68)73-51(2,3)4)46(65)56-42-48(67)62-43(45-57-60-63(53)58-45)34(28-76-49(42)62)25-64-20-9-10-35(64)24-61(19-21-64)47(66)33-22-38(54)44(72-27-32-13-17-37(70-8)18-14-32)40(23-33)71-26-31-11-15-36(69-7)16-12-31/h11-18,22-23,29,35,42,49H,9-10,19-21,24-28,53H2,1-8H3/p+1/b59-41-/t35-,42+,49+,64?/m0/s1. The summed E-state index contributed by atoms with van der Waals surface area (Å²) in [5, 5.41) is 22.2. The summed E-state index contributed by atoms with van der Waals surface area (Å²) in [6.07, 6.45) is 1.86. The number of aromatic nitrogens is 5. The van der Waals surface area contributed by atoms with Crippen LogP contribution in [0.4, 0.5) is 0 Å². The fourth-order valence-corrected chi connectivity index (χ4v) is 11.9. The van der Waals surface area contributed by atoms with Crippen molar-refractivity contribution in [3.63, 3.8) is 0 Å². The Balaban J connectivity index is 0.922. The minimum absolute atomic E-state index is 0.103. The fourth-order valence-electron chi connectivity index (χ4n) is 9.74. The van der Waals surface area contributed by atoms with Gasteiger partial charge in [-0.25, -0.2) is 14.5 Å². The third kappa shape index (κ3) is 11.7. The normalized spacial score (nSPS) is 20.6. The Morgan fingerprint density at radius 3 is 2.26 bits per heavy atom. The van der Waals surface area contributed by atoms with Crippen molar-refractivity contribution in [3.8, 4) is 23.0 Å². The van der Waals surface area contributed by atoms with E-state index in [1.165, 1.54) is 41.7 Å². The number of thiazole rings is 1. The van der Waals surface area contributed by atoms with Gasteiger partial charge in [-0.1, -0.05) is 46.2 Å². The minimum Gasteiger partial charge on any atom is -0.497 e. The number of thioether (sulfide) groups is 1. The first-order valence-electron chi connectivity index (χ1n) is 24.9. The molecule has 0 saturated carbocycles. The summed E-state index contributed by atoms with van der Waals surface area (Å²) in [6.45, 7) is 13.5. The molecule has 9 rings (SSSR count). The molecule has 3 amide bonds. The van der Waals surface area contributed by atoms with Crippen molar-refractivity contribution in [3.05, 3.63) is 110 Å². The van der Waals surface area contributed by atoms with Crippen LogP contribution in [-0.4, -0.2) is 158 Å². The van der Waals surface area contributed by atoms with Crippen molar-refractivity contribution in [2.24, 2.45) is 5.16 Å². The van der Waals surface area contributed by atoms with Gasteiger partial charge in [0, 0.05) is 35.1 Å². The molecule has 3 aromatic carbocycles. The molecular weight excluding hydrogens is 1040 g/mol. The molecule has 20 nitrogen and oxygen atoms in total. The molecule has 4 aliphatic heterocycles. The van der Waals surface area contributed by atoms with Gasteiger partial charge in [-0.2, -0.15) is 0 Å². The molecule has 400 valence electrons. The summed E-state index contributed by atoms with van der Waals surface area (Å²) in [5.74, 6) is 1.05. The maximum atomic E-state index is 14.6. The summed E-state index contributed by atoms with van der Waals surface area (Å²) < 4.78 is 30.9. The van der Waals surface area contributed by atoms with Crippen molar-refractivity contribution in [1.82, 2.24) is 40.2 Å². The van der Waals surface area contributed by atoms with Crippen molar-refractivity contribution in [2.45, 2.75) is 96.3 Å². The van der Waals surface area contributed by atoms with E-state index < -0.39 is 34.5 Å². The van der Waals surface area contributed by atoms with Crippen molar-refractivity contribution in [2.75, 3.05) is 52.7 Å². The fraction of sp³-hybridized carbons (Fsp3) is 0.442. The minimum atomic E-state index is -1.55. The van der Waals surface area contributed by atoms with Gasteiger partial charge in [0.05, 0.1) is 56.1 Å². The molecule has 4 atom stereocenters. The van der Waals surface area contributed by atoms with E-state index in [1.807, 2.05) is 53.4 Å². The number of β-lactam (4-membered cyclic amide) rings is 1. The van der Waals surface area contributed by atoms with E-state index >= 15 is 0 Å². The van der Waals surface area contributed by atoms with E-state index in [-0.39, 0.29) is 47.5 Å². The highest BCUT2D eigenvalue weighted by Crippen LogP contribution is 2.46. The molecule has 0 bridgehead atoms. The number of hydrogen-bond acceptors (Lipinski definition) is 17. The zero-order valence-electron chi connectivity index (χ0n) is 44.0. The molecule has 76 heavy (non-hydrogen) atoms. The zero-order valence-corrected chi connectivity index (χ0v) is 46.3. The molecule has 6 heterocycles. The molecule has 5 aromatic rings. The number of aryl methyl sites for hydroxylation is 1. The summed E-state index contributed by atoms with van der Waals surface area (Å²) in [4.78, 5) is 69.9. The van der Waals surface area contributed by atoms with E-state index in [0.29, 0.717) is 65.5 Å². The monoisotopic (exact) mass is 1100 g/mol. The van der Waals surface area contributed by atoms with E-state index in [4.69, 9.17) is 40.1 Å². The molecule has 0 spiro atoms. The second-order valence-electron chi connectivity index (χ2n) is 20.6. The van der Waals surface area contributed by atoms with Crippen LogP contribution >= 0.6 is 34.7 Å². The van der Waals surface area contributed by atoms with Crippen LogP contribution in [0.2, 0.25) is 5.02 Å². The Labute approximate surface area is 455 Å². The number of nitrogens with zero attached hydrogens (tertiary/aromatic N) is 9. The first-order chi connectivity index (χ1) is 36.2. The van der Waals surface area contributed by atoms with Gasteiger partial charge in [0.15, 0.2) is 17.2 Å². The lowest BCUT2D eigenvalue weighted by Gasteiger charge is -2.52. The number of methoxy groups -OCH3 is 2. The number of oxime groups is 1. The maximum absolute atomic E-state index is 14.6. The number of carbonyl (C=O) groups excluding carboxylic acids is 4. The number of carbonyl (C=O) groups is 4. The van der Waals surface area contributed by atoms with Crippen molar-refractivity contribution in [1.29, 1.82) is 0 Å². The topological polar surface area (TPSA) is 211 Å². The number of halogens is 1. The van der Waals surface area contributed by atoms with Crippen LogP contribution in [0.1, 0.15) is 85.5 Å². The van der Waals surface area contributed by atoms with Crippen molar-refractivity contribution < 1.29 is 52.2 Å². The number of quaternary nitrogens is 1. The number of nitrogens with one attached hydrogen (secondary N) is 1. The number of rotatable bonds is 18. The van der Waals surface area contributed by atoms with Gasteiger partial charge >= 0.3 is 5.97 Å². The third-order valence-electron chi connectivity index (χ3n) is 13.7. The van der Waals surface area contributed by atoms with Gasteiger partial charge in [-0.15, -0.1) is 33.3 Å². The van der Waals surface area contributed by atoms with E-state index in [2.05, 4.69) is 30.9 Å². The molecule has 3 fully saturated rings. The van der Waals surface area contributed by atoms with Gasteiger partial charge in [0.25, 0.3) is 25.7 Å². The number of ether oxygens (including phenoxy) is 5. The Morgan fingerprint density at radius 1 is 0.961 bits per heavy atom. The number of tetrazole rings is 1. The number of piperazine rings is 1. The second kappa shape index (κ2) is 22.1. The Kier molecular flexibility index (Phi) is 15.7. The van der Waals surface area contributed by atoms with E-state index in [9.17, 15) is 19.2 Å². The molecule has 1 unspecified atom stereocenters. The molecule has 0 radical (unpaired) electrons. The lowest BCUT2D eigenvalue weighted by atomic mass is 10.00. The average molecular weight is 1100 g/mol. The molecule has 0 aliphatic carbocycles. The SMILES string of the molecule is Bn1nnc(C2=C(C[N+]34CCC[C@H]3CN(C(=O)c3cc(Cl)c(OCc5ccc(OC)cc5)c(OCc5ccc(OC)cc5)c3)CC4)CS[C@@H]3[C@H](NC(=O)/C(=N\OC(C)(C)C(=O)OC(C)(C)C)c4csc(C)n4)C(=O)N23)n1. The Bertz CT molecular complexity index is 3070. The second-order valence-corrected chi connectivity index (χ2v) is 23.2. The lowest BCUT2D eigenvalue weighted by Crippen LogP contribution is -2.70. The van der Waals surface area contributed by atoms with E-state index in [1.54, 1.807) is 72.3 Å². The zero-order chi connectivity index (χ0) is 54.1. The summed E-state index contributed by atoms with van der Waals surface area (Å²) >= 11 is 9.84. The largest absolute Gasteiger partial charge is 0.497 e. The molecular formula is C52H61BClN10O10S2+. The number of fused-ring (bicyclic) bond motifs is 2. The third-order valence-corrected chi connectivity index (χ3v) is 16.1. The van der Waals surface area contributed by atoms with Crippen LogP contribution in [0.5, 0.6) is 23.0 Å². The van der Waals surface area contributed by atoms with Crippen LogP contribution in [-0.2, 0) is 37.2 Å². The average Bonchev–Trinajstić information content (AvgIpc) is 4.19. The smallest absolute Gasteiger partial charge is 0.353 e. The quantitative estimate of drug-likeness (QED) is 0.0289. The predicted octanol–water partition coefficient (Wildman–Crippen LogP) is 5.45. The molecule has 3 saturated heterocycles. The number of amides is 3. The molecule has 4 aliphatic rings. The number of benzene rings is 3. The summed E-state index contributed by atoms with van der Waals surface area (Å²) in [6, 6.07) is 17.6. The highest BCUT2D eigenvalue weighted by atomic mass is 35.5. The predicted molar refractivity (Wildman–Crippen MR) is 288 cm³/mol. The molecule has 1 N–H and O–H groups in total. The highest BCUT2D eigenvalue weighted by Gasteiger charge is 2.56. The van der Waals surface area contributed by atoms with Gasteiger partial charge in [-0.05, 0) is 89.1 Å². The molecule has 2 aromatic heterocycles. The van der Waals surface area contributed by atoms with Gasteiger partial charge < -0.3 is 43.2 Å². The lowest BCUT2D eigenvalue weighted by molar-refractivity contribution is -0.938. The van der Waals surface area contributed by atoms with E-state index in [0.717, 1.165) is 52.1 Å². The number of hydrogen-bond donors (Lipinski definition) is 1. The Morgan fingerprint density at radius 2 is 1.64 bits per heavy atom.